The highest BCUT2D eigenvalue weighted by Gasteiger charge is 2.22. The highest BCUT2D eigenvalue weighted by molar-refractivity contribution is 5.96. The number of nitrogens with zero attached hydrogens (tertiary/aromatic N) is 1. The van der Waals surface area contributed by atoms with Gasteiger partial charge < -0.3 is 13.7 Å². The van der Waals surface area contributed by atoms with Gasteiger partial charge in [0, 0.05) is 11.9 Å². The Hall–Kier alpha value is -3.60. The molecule has 4 aromatic rings. The van der Waals surface area contributed by atoms with Gasteiger partial charge in [0.25, 0.3) is 5.91 Å². The molecule has 30 heavy (non-hydrogen) atoms. The molecule has 152 valence electrons. The van der Waals surface area contributed by atoms with Gasteiger partial charge in [-0.05, 0) is 41.3 Å². The molecule has 2 aromatic heterocycles. The van der Waals surface area contributed by atoms with Crippen LogP contribution in [0.4, 0.5) is 0 Å². The van der Waals surface area contributed by atoms with Gasteiger partial charge in [0.1, 0.15) is 16.9 Å². The molecular formula is C25H23NO4. The van der Waals surface area contributed by atoms with E-state index < -0.39 is 5.63 Å². The van der Waals surface area contributed by atoms with Crippen LogP contribution in [-0.4, -0.2) is 10.8 Å². The number of furan rings is 1. The molecule has 0 saturated carbocycles. The number of fused-ring (bicyclic) bond motifs is 1. The summed E-state index contributed by atoms with van der Waals surface area (Å²) in [5.41, 5.74) is 2.04. The van der Waals surface area contributed by atoms with Crippen molar-refractivity contribution < 1.29 is 13.6 Å². The summed E-state index contributed by atoms with van der Waals surface area (Å²) in [4.78, 5) is 27.5. The zero-order chi connectivity index (χ0) is 21.1. The zero-order valence-electron chi connectivity index (χ0n) is 17.0. The molecule has 0 spiro atoms. The van der Waals surface area contributed by atoms with E-state index in [0.717, 1.165) is 5.56 Å². The van der Waals surface area contributed by atoms with Gasteiger partial charge in [-0.2, -0.15) is 0 Å². The standard InChI is InChI=1S/C25H23NO4/c1-17(2)19-11-9-18(10-12-19)15-26(16-21-7-5-13-29-21)24(27)22-14-20-6-3-4-8-23(20)30-25(22)28/h3-14,17H,15-16H2,1-2H3. The Morgan fingerprint density at radius 1 is 0.967 bits per heavy atom. The molecule has 0 fully saturated rings. The van der Waals surface area contributed by atoms with Crippen LogP contribution in [0.1, 0.15) is 47.0 Å². The van der Waals surface area contributed by atoms with E-state index in [1.165, 1.54) is 5.56 Å². The molecule has 1 amide bonds. The van der Waals surface area contributed by atoms with Gasteiger partial charge in [0.15, 0.2) is 0 Å². The maximum atomic E-state index is 13.3. The smallest absolute Gasteiger partial charge is 0.349 e. The van der Waals surface area contributed by atoms with E-state index in [-0.39, 0.29) is 18.0 Å². The molecule has 4 rings (SSSR count). The predicted octanol–water partition coefficient (Wildman–Crippen LogP) is 5.35. The lowest BCUT2D eigenvalue weighted by Crippen LogP contribution is -2.33. The Labute approximate surface area is 174 Å². The van der Waals surface area contributed by atoms with Gasteiger partial charge in [-0.1, -0.05) is 56.3 Å². The Morgan fingerprint density at radius 2 is 1.73 bits per heavy atom. The fourth-order valence-corrected chi connectivity index (χ4v) is 3.40. The molecular weight excluding hydrogens is 378 g/mol. The maximum absolute atomic E-state index is 13.3. The first kappa shape index (κ1) is 19.7. The van der Waals surface area contributed by atoms with E-state index in [2.05, 4.69) is 26.0 Å². The largest absolute Gasteiger partial charge is 0.467 e. The van der Waals surface area contributed by atoms with Crippen molar-refractivity contribution in [3.05, 3.63) is 106 Å². The normalized spacial score (nSPS) is 11.2. The van der Waals surface area contributed by atoms with Crippen LogP contribution in [0.2, 0.25) is 0 Å². The van der Waals surface area contributed by atoms with E-state index in [9.17, 15) is 9.59 Å². The van der Waals surface area contributed by atoms with E-state index in [4.69, 9.17) is 8.83 Å². The van der Waals surface area contributed by atoms with E-state index >= 15 is 0 Å². The monoisotopic (exact) mass is 401 g/mol. The van der Waals surface area contributed by atoms with Crippen molar-refractivity contribution in [2.75, 3.05) is 0 Å². The van der Waals surface area contributed by atoms with Crippen molar-refractivity contribution in [1.29, 1.82) is 0 Å². The minimum Gasteiger partial charge on any atom is -0.467 e. The van der Waals surface area contributed by atoms with E-state index in [1.807, 2.05) is 30.3 Å². The molecule has 0 N–H and O–H groups in total. The fourth-order valence-electron chi connectivity index (χ4n) is 3.40. The number of carbonyl (C=O) groups excluding carboxylic acids is 1. The van der Waals surface area contributed by atoms with Crippen LogP contribution in [0.3, 0.4) is 0 Å². The predicted molar refractivity (Wildman–Crippen MR) is 115 cm³/mol. The second-order valence-electron chi connectivity index (χ2n) is 7.62. The average molecular weight is 401 g/mol. The zero-order valence-corrected chi connectivity index (χ0v) is 17.0. The second kappa shape index (κ2) is 8.41. The summed E-state index contributed by atoms with van der Waals surface area (Å²) in [5, 5.41) is 0.708. The summed E-state index contributed by atoms with van der Waals surface area (Å²) in [6.45, 7) is 4.88. The lowest BCUT2D eigenvalue weighted by molar-refractivity contribution is 0.0713. The van der Waals surface area contributed by atoms with Crippen LogP contribution in [0.15, 0.2) is 86.6 Å². The summed E-state index contributed by atoms with van der Waals surface area (Å²) in [6.07, 6.45) is 1.57. The van der Waals surface area contributed by atoms with Crippen LogP contribution in [-0.2, 0) is 13.1 Å². The summed E-state index contributed by atoms with van der Waals surface area (Å²) in [5.74, 6) is 0.688. The molecule has 0 aliphatic rings. The highest BCUT2D eigenvalue weighted by Crippen LogP contribution is 2.19. The van der Waals surface area contributed by atoms with Crippen molar-refractivity contribution >= 4 is 16.9 Å². The Morgan fingerprint density at radius 3 is 2.43 bits per heavy atom. The number of amides is 1. The van der Waals surface area contributed by atoms with Gasteiger partial charge in [-0.3, -0.25) is 4.79 Å². The molecule has 2 aromatic carbocycles. The lowest BCUT2D eigenvalue weighted by Gasteiger charge is -2.22. The first-order valence-corrected chi connectivity index (χ1v) is 9.94. The third-order valence-corrected chi connectivity index (χ3v) is 5.11. The van der Waals surface area contributed by atoms with Gasteiger partial charge in [-0.15, -0.1) is 0 Å². The van der Waals surface area contributed by atoms with E-state index in [0.29, 0.717) is 29.2 Å². The van der Waals surface area contributed by atoms with Gasteiger partial charge in [0.2, 0.25) is 0 Å². The molecule has 0 atom stereocenters. The summed E-state index contributed by atoms with van der Waals surface area (Å²) < 4.78 is 10.8. The van der Waals surface area contributed by atoms with Gasteiger partial charge in [-0.25, -0.2) is 4.79 Å². The Kier molecular flexibility index (Phi) is 5.53. The number of benzene rings is 2. The van der Waals surface area contributed by atoms with Crippen LogP contribution in [0, 0.1) is 0 Å². The molecule has 5 heteroatoms. The first-order valence-electron chi connectivity index (χ1n) is 9.94. The van der Waals surface area contributed by atoms with Gasteiger partial charge >= 0.3 is 5.63 Å². The molecule has 0 saturated heterocycles. The van der Waals surface area contributed by atoms with Crippen molar-refractivity contribution in [3.8, 4) is 0 Å². The van der Waals surface area contributed by atoms with E-state index in [1.54, 1.807) is 35.4 Å². The molecule has 0 aliphatic carbocycles. The van der Waals surface area contributed by atoms with Crippen molar-refractivity contribution in [3.63, 3.8) is 0 Å². The Bertz CT molecular complexity index is 1200. The quantitative estimate of drug-likeness (QED) is 0.409. The number of hydrogen-bond acceptors (Lipinski definition) is 4. The molecule has 5 nitrogen and oxygen atoms in total. The van der Waals surface area contributed by atoms with Crippen LogP contribution >= 0.6 is 0 Å². The van der Waals surface area contributed by atoms with Crippen molar-refractivity contribution in [1.82, 2.24) is 4.90 Å². The summed E-state index contributed by atoms with van der Waals surface area (Å²) in [6, 6.07) is 20.5. The average Bonchev–Trinajstić information content (AvgIpc) is 3.26. The SMILES string of the molecule is CC(C)c1ccc(CN(Cc2ccco2)C(=O)c2cc3ccccc3oc2=O)cc1. The first-order chi connectivity index (χ1) is 14.5. The molecule has 0 radical (unpaired) electrons. The molecule has 0 bridgehead atoms. The molecule has 0 unspecified atom stereocenters. The number of carbonyl (C=O) groups is 1. The number of hydrogen-bond donors (Lipinski definition) is 0. The fraction of sp³-hybridized carbons (Fsp3) is 0.200. The number of para-hydroxylation sites is 1. The topological polar surface area (TPSA) is 63.7 Å². The summed E-state index contributed by atoms with van der Waals surface area (Å²) in [7, 11) is 0. The molecule has 0 aliphatic heterocycles. The third kappa shape index (κ3) is 4.20. The third-order valence-electron chi connectivity index (χ3n) is 5.11. The lowest BCUT2D eigenvalue weighted by atomic mass is 10.0. The second-order valence-corrected chi connectivity index (χ2v) is 7.62. The van der Waals surface area contributed by atoms with Crippen molar-refractivity contribution in [2.45, 2.75) is 32.9 Å². The van der Waals surface area contributed by atoms with Crippen LogP contribution in [0.5, 0.6) is 0 Å². The Balaban J connectivity index is 1.67. The van der Waals surface area contributed by atoms with Crippen LogP contribution in [0.25, 0.3) is 11.0 Å². The summed E-state index contributed by atoms with van der Waals surface area (Å²) >= 11 is 0. The van der Waals surface area contributed by atoms with Gasteiger partial charge in [0.05, 0.1) is 12.8 Å². The van der Waals surface area contributed by atoms with Crippen LogP contribution < -0.4 is 5.63 Å². The number of rotatable bonds is 6. The van der Waals surface area contributed by atoms with Crippen molar-refractivity contribution in [2.24, 2.45) is 0 Å². The minimum atomic E-state index is -0.640. The highest BCUT2D eigenvalue weighted by atomic mass is 16.4. The minimum absolute atomic E-state index is 0.0130. The molecule has 2 heterocycles. The maximum Gasteiger partial charge on any atom is 0.349 e.